The summed E-state index contributed by atoms with van der Waals surface area (Å²) < 4.78 is 24.7. The van der Waals surface area contributed by atoms with Crippen LogP contribution in [0.5, 0.6) is 0 Å². The molecule has 1 rings (SSSR count). The number of rotatable bonds is 2. The van der Waals surface area contributed by atoms with E-state index in [0.29, 0.717) is 0 Å². The number of sulfonamides is 1. The minimum Gasteiger partial charge on any atom is -0.278 e. The van der Waals surface area contributed by atoms with Gasteiger partial charge >= 0.3 is 0 Å². The molecule has 0 amide bonds. The molecule has 1 heterocycles. The Kier molecular flexibility index (Phi) is 2.37. The number of nitrogens with one attached hydrogen (secondary N) is 1. The fraction of sp³-hybridized carbons (Fsp3) is 0.333. The third-order valence-corrected chi connectivity index (χ3v) is 1.89. The largest absolute Gasteiger partial charge is 0.290 e. The summed E-state index contributed by atoms with van der Waals surface area (Å²) in [5.41, 5.74) is -0.479. The van der Waals surface area contributed by atoms with Crippen LogP contribution in [0.3, 0.4) is 0 Å². The van der Waals surface area contributed by atoms with E-state index in [1.165, 1.54) is 19.3 Å². The lowest BCUT2D eigenvalue weighted by molar-refractivity contribution is 0.606. The van der Waals surface area contributed by atoms with Gasteiger partial charge < -0.3 is 0 Å². The van der Waals surface area contributed by atoms with Crippen LogP contribution in [0.15, 0.2) is 17.1 Å². The van der Waals surface area contributed by atoms with Crippen LogP contribution < -0.4 is 10.3 Å². The van der Waals surface area contributed by atoms with Crippen molar-refractivity contribution in [3.8, 4) is 0 Å². The van der Waals surface area contributed by atoms with E-state index < -0.39 is 15.6 Å². The molecular formula is C6H9N3O3S. The lowest BCUT2D eigenvalue weighted by atomic mass is 10.5. The topological polar surface area (TPSA) is 81.1 Å². The maximum Gasteiger partial charge on any atom is 0.290 e. The molecule has 0 aromatic carbocycles. The number of nitrogens with zero attached hydrogens (tertiary/aromatic N) is 2. The lowest BCUT2D eigenvalue weighted by Crippen LogP contribution is -2.24. The zero-order valence-corrected chi connectivity index (χ0v) is 8.00. The SMILES string of the molecule is Cn1nccc(NS(C)(=O)=O)c1=O. The standard InChI is InChI=1S/C6H9N3O3S/c1-9-6(10)5(3-4-7-9)8-13(2,11)12/h3-4,8H,1-2H3. The van der Waals surface area contributed by atoms with E-state index in [-0.39, 0.29) is 5.69 Å². The Balaban J connectivity index is 3.18. The Morgan fingerprint density at radius 3 is 2.69 bits per heavy atom. The summed E-state index contributed by atoms with van der Waals surface area (Å²) in [6, 6.07) is 1.31. The predicted molar refractivity (Wildman–Crippen MR) is 47.9 cm³/mol. The molecule has 0 saturated carbocycles. The highest BCUT2D eigenvalue weighted by Crippen LogP contribution is 1.97. The maximum absolute atomic E-state index is 11.2. The number of anilines is 1. The highest BCUT2D eigenvalue weighted by atomic mass is 32.2. The van der Waals surface area contributed by atoms with Crippen LogP contribution in [0.4, 0.5) is 5.69 Å². The second-order valence-electron chi connectivity index (χ2n) is 2.55. The molecule has 6 nitrogen and oxygen atoms in total. The predicted octanol–water partition coefficient (Wildman–Crippen LogP) is -0.848. The first-order chi connectivity index (χ1) is 5.90. The van der Waals surface area contributed by atoms with Gasteiger partial charge in [0.2, 0.25) is 10.0 Å². The molecule has 0 atom stereocenters. The minimum atomic E-state index is -3.41. The molecule has 0 aliphatic heterocycles. The Morgan fingerprint density at radius 1 is 1.54 bits per heavy atom. The third kappa shape index (κ3) is 2.55. The van der Waals surface area contributed by atoms with Crippen LogP contribution in [0.2, 0.25) is 0 Å². The molecule has 0 fully saturated rings. The van der Waals surface area contributed by atoms with E-state index in [0.717, 1.165) is 10.9 Å². The summed E-state index contributed by atoms with van der Waals surface area (Å²) in [5.74, 6) is 0. The molecule has 0 spiro atoms. The quantitative estimate of drug-likeness (QED) is 0.679. The van der Waals surface area contributed by atoms with Crippen molar-refractivity contribution in [3.63, 3.8) is 0 Å². The Morgan fingerprint density at radius 2 is 2.15 bits per heavy atom. The molecule has 0 aliphatic carbocycles. The highest BCUT2D eigenvalue weighted by molar-refractivity contribution is 7.92. The molecule has 0 radical (unpaired) electrons. The van der Waals surface area contributed by atoms with Gasteiger partial charge in [-0.25, -0.2) is 13.1 Å². The summed E-state index contributed by atoms with van der Waals surface area (Å²) in [5, 5.41) is 3.64. The first-order valence-electron chi connectivity index (χ1n) is 3.40. The van der Waals surface area contributed by atoms with Gasteiger partial charge in [-0.1, -0.05) is 0 Å². The zero-order chi connectivity index (χ0) is 10.1. The fourth-order valence-electron chi connectivity index (χ4n) is 0.783. The minimum absolute atomic E-state index is 0.000000000000000222. The summed E-state index contributed by atoms with van der Waals surface area (Å²) in [6.45, 7) is 0. The van der Waals surface area contributed by atoms with Gasteiger partial charge in [-0.2, -0.15) is 5.10 Å². The molecule has 7 heteroatoms. The normalized spacial score (nSPS) is 11.2. The Hall–Kier alpha value is -1.37. The second kappa shape index (κ2) is 3.17. The molecule has 0 saturated heterocycles. The van der Waals surface area contributed by atoms with Crippen LogP contribution in [0, 0.1) is 0 Å². The van der Waals surface area contributed by atoms with Gasteiger partial charge in [0.15, 0.2) is 0 Å². The number of hydrogen-bond donors (Lipinski definition) is 1. The molecular weight excluding hydrogens is 194 g/mol. The Bertz CT molecular complexity index is 462. The van der Waals surface area contributed by atoms with E-state index >= 15 is 0 Å². The second-order valence-corrected chi connectivity index (χ2v) is 4.30. The van der Waals surface area contributed by atoms with E-state index in [1.54, 1.807) is 0 Å². The Labute approximate surface area is 75.3 Å². The van der Waals surface area contributed by atoms with Gasteiger partial charge in [0.25, 0.3) is 5.56 Å². The summed E-state index contributed by atoms with van der Waals surface area (Å²) in [7, 11) is -1.97. The van der Waals surface area contributed by atoms with Crippen molar-refractivity contribution in [3.05, 3.63) is 22.6 Å². The van der Waals surface area contributed by atoms with Crippen molar-refractivity contribution < 1.29 is 8.42 Å². The van der Waals surface area contributed by atoms with Crippen molar-refractivity contribution in [2.45, 2.75) is 0 Å². The first-order valence-corrected chi connectivity index (χ1v) is 5.29. The third-order valence-electron chi connectivity index (χ3n) is 1.30. The van der Waals surface area contributed by atoms with Crippen LogP contribution in [0.25, 0.3) is 0 Å². The monoisotopic (exact) mass is 203 g/mol. The van der Waals surface area contributed by atoms with Crippen molar-refractivity contribution in [1.82, 2.24) is 9.78 Å². The van der Waals surface area contributed by atoms with Gasteiger partial charge in [-0.3, -0.25) is 9.52 Å². The van der Waals surface area contributed by atoms with Crippen molar-refractivity contribution in [2.24, 2.45) is 7.05 Å². The van der Waals surface area contributed by atoms with Gasteiger partial charge in [-0.15, -0.1) is 0 Å². The molecule has 13 heavy (non-hydrogen) atoms. The van der Waals surface area contributed by atoms with Crippen molar-refractivity contribution in [1.29, 1.82) is 0 Å². The summed E-state index contributed by atoms with van der Waals surface area (Å²) >= 11 is 0. The maximum atomic E-state index is 11.2. The van der Waals surface area contributed by atoms with Crippen LogP contribution in [0.1, 0.15) is 0 Å². The lowest BCUT2D eigenvalue weighted by Gasteiger charge is -2.02. The fourth-order valence-corrected chi connectivity index (χ4v) is 1.34. The zero-order valence-electron chi connectivity index (χ0n) is 7.18. The summed E-state index contributed by atoms with van der Waals surface area (Å²) in [6.07, 6.45) is 2.32. The van der Waals surface area contributed by atoms with E-state index in [1.807, 2.05) is 0 Å². The van der Waals surface area contributed by atoms with Gasteiger partial charge in [-0.05, 0) is 6.07 Å². The van der Waals surface area contributed by atoms with Crippen LogP contribution in [-0.2, 0) is 17.1 Å². The van der Waals surface area contributed by atoms with Gasteiger partial charge in [0.05, 0.1) is 6.26 Å². The number of hydrogen-bond acceptors (Lipinski definition) is 4. The number of aryl methyl sites for hydroxylation is 1. The summed E-state index contributed by atoms with van der Waals surface area (Å²) in [4.78, 5) is 11.2. The smallest absolute Gasteiger partial charge is 0.278 e. The molecule has 0 unspecified atom stereocenters. The van der Waals surface area contributed by atoms with Gasteiger partial charge in [0.1, 0.15) is 5.69 Å². The molecule has 0 aliphatic rings. The average molecular weight is 203 g/mol. The van der Waals surface area contributed by atoms with E-state index in [2.05, 4.69) is 9.82 Å². The van der Waals surface area contributed by atoms with E-state index in [4.69, 9.17) is 0 Å². The van der Waals surface area contributed by atoms with E-state index in [9.17, 15) is 13.2 Å². The molecule has 0 bridgehead atoms. The van der Waals surface area contributed by atoms with Gasteiger partial charge in [0, 0.05) is 13.2 Å². The number of aromatic nitrogens is 2. The molecule has 1 aromatic rings. The molecule has 72 valence electrons. The molecule has 1 N–H and O–H groups in total. The first kappa shape index (κ1) is 9.72. The van der Waals surface area contributed by atoms with Crippen molar-refractivity contribution in [2.75, 3.05) is 11.0 Å². The average Bonchev–Trinajstić information content (AvgIpc) is 1.96. The van der Waals surface area contributed by atoms with Crippen LogP contribution in [-0.4, -0.2) is 24.5 Å². The van der Waals surface area contributed by atoms with Crippen molar-refractivity contribution >= 4 is 15.7 Å². The van der Waals surface area contributed by atoms with Crippen LogP contribution >= 0.6 is 0 Å². The highest BCUT2D eigenvalue weighted by Gasteiger charge is 2.06. The molecule has 1 aromatic heterocycles.